The quantitative estimate of drug-likeness (QED) is 0.927. The molecule has 5 heteroatoms. The van der Waals surface area contributed by atoms with Gasteiger partial charge in [0.1, 0.15) is 11.5 Å². The fourth-order valence-corrected chi connectivity index (χ4v) is 4.05. The number of hydrogen-bond acceptors (Lipinski definition) is 4. The molecule has 1 aromatic heterocycles. The van der Waals surface area contributed by atoms with Crippen molar-refractivity contribution in [3.8, 4) is 0 Å². The molecule has 0 atom stereocenters. The Morgan fingerprint density at radius 3 is 2.52 bits per heavy atom. The summed E-state index contributed by atoms with van der Waals surface area (Å²) < 4.78 is 11.0. The average molecular weight is 320 g/mol. The van der Waals surface area contributed by atoms with Crippen LogP contribution in [-0.2, 0) is 4.74 Å². The minimum Gasteiger partial charge on any atom is -0.466 e. The van der Waals surface area contributed by atoms with Gasteiger partial charge in [-0.3, -0.25) is 9.69 Å². The maximum absolute atomic E-state index is 12.5. The van der Waals surface area contributed by atoms with Crippen molar-refractivity contribution in [2.45, 2.75) is 51.5 Å². The zero-order chi connectivity index (χ0) is 16.3. The first-order valence-electron chi connectivity index (χ1n) is 8.79. The summed E-state index contributed by atoms with van der Waals surface area (Å²) in [4.78, 5) is 15.1. The van der Waals surface area contributed by atoms with Crippen LogP contribution >= 0.6 is 0 Å². The lowest BCUT2D eigenvalue weighted by atomic mass is 9.79. The molecule has 1 saturated heterocycles. The third-order valence-electron chi connectivity index (χ3n) is 5.33. The van der Waals surface area contributed by atoms with Crippen molar-refractivity contribution in [2.24, 2.45) is 0 Å². The summed E-state index contributed by atoms with van der Waals surface area (Å²) in [5, 5.41) is 3.18. The SMILES string of the molecule is Cc1cc(C(=O)NCC2(N3CCOCC3)CCCCC2)c(C)o1. The van der Waals surface area contributed by atoms with E-state index in [1.165, 1.54) is 19.3 Å². The monoisotopic (exact) mass is 320 g/mol. The second-order valence-electron chi connectivity index (χ2n) is 6.89. The van der Waals surface area contributed by atoms with E-state index >= 15 is 0 Å². The van der Waals surface area contributed by atoms with Gasteiger partial charge in [-0.15, -0.1) is 0 Å². The number of nitrogens with one attached hydrogen (secondary N) is 1. The highest BCUT2D eigenvalue weighted by Gasteiger charge is 2.39. The Morgan fingerprint density at radius 1 is 1.22 bits per heavy atom. The van der Waals surface area contributed by atoms with Crippen LogP contribution in [0.1, 0.15) is 54.0 Å². The smallest absolute Gasteiger partial charge is 0.254 e. The second-order valence-corrected chi connectivity index (χ2v) is 6.89. The molecule has 23 heavy (non-hydrogen) atoms. The normalized spacial score (nSPS) is 22.0. The second kappa shape index (κ2) is 7.05. The predicted octanol–water partition coefficient (Wildman–Crippen LogP) is 2.66. The van der Waals surface area contributed by atoms with Gasteiger partial charge in [0, 0.05) is 25.2 Å². The molecule has 5 nitrogen and oxygen atoms in total. The Bertz CT molecular complexity index is 540. The van der Waals surface area contributed by atoms with E-state index in [0.29, 0.717) is 11.3 Å². The zero-order valence-electron chi connectivity index (χ0n) is 14.3. The topological polar surface area (TPSA) is 54.7 Å². The fourth-order valence-electron chi connectivity index (χ4n) is 4.05. The van der Waals surface area contributed by atoms with Crippen LogP contribution < -0.4 is 5.32 Å². The number of rotatable bonds is 4. The van der Waals surface area contributed by atoms with E-state index in [2.05, 4.69) is 10.2 Å². The molecule has 128 valence electrons. The summed E-state index contributed by atoms with van der Waals surface area (Å²) in [7, 11) is 0. The lowest BCUT2D eigenvalue weighted by molar-refractivity contribution is -0.0361. The van der Waals surface area contributed by atoms with Crippen LogP contribution in [0.15, 0.2) is 10.5 Å². The van der Waals surface area contributed by atoms with Gasteiger partial charge in [0.2, 0.25) is 0 Å². The Balaban J connectivity index is 1.68. The molecular formula is C18H28N2O3. The van der Waals surface area contributed by atoms with Gasteiger partial charge in [-0.1, -0.05) is 19.3 Å². The molecule has 0 spiro atoms. The molecule has 2 fully saturated rings. The van der Waals surface area contributed by atoms with Crippen LogP contribution in [0.2, 0.25) is 0 Å². The number of aryl methyl sites for hydroxylation is 2. The van der Waals surface area contributed by atoms with Gasteiger partial charge in [-0.05, 0) is 32.8 Å². The number of ether oxygens (including phenoxy) is 1. The van der Waals surface area contributed by atoms with Crippen LogP contribution in [0.3, 0.4) is 0 Å². The maximum Gasteiger partial charge on any atom is 0.254 e. The van der Waals surface area contributed by atoms with Crippen LogP contribution in [0.4, 0.5) is 0 Å². The van der Waals surface area contributed by atoms with Crippen molar-refractivity contribution in [3.05, 3.63) is 23.2 Å². The Kier molecular flexibility index (Phi) is 5.07. The zero-order valence-corrected chi connectivity index (χ0v) is 14.3. The summed E-state index contributed by atoms with van der Waals surface area (Å²) in [5.74, 6) is 1.47. The van der Waals surface area contributed by atoms with Gasteiger partial charge >= 0.3 is 0 Å². The van der Waals surface area contributed by atoms with Crippen LogP contribution in [0.5, 0.6) is 0 Å². The summed E-state index contributed by atoms with van der Waals surface area (Å²) in [5.41, 5.74) is 0.764. The van der Waals surface area contributed by atoms with E-state index in [0.717, 1.165) is 51.4 Å². The van der Waals surface area contributed by atoms with Crippen molar-refractivity contribution in [1.82, 2.24) is 10.2 Å². The van der Waals surface area contributed by atoms with Crippen molar-refractivity contribution >= 4 is 5.91 Å². The maximum atomic E-state index is 12.5. The van der Waals surface area contributed by atoms with E-state index in [4.69, 9.17) is 9.15 Å². The highest BCUT2D eigenvalue weighted by atomic mass is 16.5. The molecule has 0 radical (unpaired) electrons. The van der Waals surface area contributed by atoms with Crippen LogP contribution in [0, 0.1) is 13.8 Å². The lowest BCUT2D eigenvalue weighted by Crippen LogP contribution is -2.59. The number of carbonyl (C=O) groups is 1. The van der Waals surface area contributed by atoms with E-state index in [1.807, 2.05) is 19.9 Å². The van der Waals surface area contributed by atoms with Gasteiger partial charge in [0.05, 0.1) is 18.8 Å². The highest BCUT2D eigenvalue weighted by Crippen LogP contribution is 2.34. The molecule has 0 bridgehead atoms. The van der Waals surface area contributed by atoms with Crippen molar-refractivity contribution in [2.75, 3.05) is 32.8 Å². The number of furan rings is 1. The van der Waals surface area contributed by atoms with E-state index < -0.39 is 0 Å². The van der Waals surface area contributed by atoms with Gasteiger partial charge in [-0.25, -0.2) is 0 Å². The molecular weight excluding hydrogens is 292 g/mol. The van der Waals surface area contributed by atoms with E-state index in [1.54, 1.807) is 0 Å². The molecule has 1 N–H and O–H groups in total. The van der Waals surface area contributed by atoms with Gasteiger partial charge in [0.25, 0.3) is 5.91 Å². The first-order valence-corrected chi connectivity index (χ1v) is 8.79. The first kappa shape index (κ1) is 16.5. The van der Waals surface area contributed by atoms with Gasteiger partial charge < -0.3 is 14.5 Å². The first-order chi connectivity index (χ1) is 11.1. The molecule has 1 aromatic rings. The highest BCUT2D eigenvalue weighted by molar-refractivity contribution is 5.95. The standard InChI is InChI=1S/C18H28N2O3/c1-14-12-16(15(2)23-14)17(21)19-13-18(6-4-3-5-7-18)20-8-10-22-11-9-20/h12H,3-11,13H2,1-2H3,(H,19,21). The Hall–Kier alpha value is -1.33. The molecule has 1 aliphatic carbocycles. The molecule has 0 unspecified atom stereocenters. The third-order valence-corrected chi connectivity index (χ3v) is 5.33. The predicted molar refractivity (Wildman–Crippen MR) is 88.7 cm³/mol. The number of hydrogen-bond donors (Lipinski definition) is 1. The van der Waals surface area contributed by atoms with Crippen molar-refractivity contribution in [3.63, 3.8) is 0 Å². The number of carbonyl (C=O) groups excluding carboxylic acids is 1. The number of nitrogens with zero attached hydrogens (tertiary/aromatic N) is 1. The summed E-state index contributed by atoms with van der Waals surface area (Å²) in [6, 6.07) is 1.83. The van der Waals surface area contributed by atoms with E-state index in [-0.39, 0.29) is 11.4 Å². The summed E-state index contributed by atoms with van der Waals surface area (Å²) >= 11 is 0. The largest absolute Gasteiger partial charge is 0.466 e. The van der Waals surface area contributed by atoms with Gasteiger partial charge in [0.15, 0.2) is 0 Å². The number of morpholine rings is 1. The van der Waals surface area contributed by atoms with Crippen molar-refractivity contribution < 1.29 is 13.9 Å². The molecule has 0 aromatic carbocycles. The molecule has 2 heterocycles. The molecule has 1 amide bonds. The summed E-state index contributed by atoms with van der Waals surface area (Å²) in [6.45, 7) is 7.99. The molecule has 1 saturated carbocycles. The minimum atomic E-state index is -0.0162. The summed E-state index contributed by atoms with van der Waals surface area (Å²) in [6.07, 6.45) is 6.13. The minimum absolute atomic E-state index is 0.0162. The van der Waals surface area contributed by atoms with Crippen LogP contribution in [-0.4, -0.2) is 49.2 Å². The van der Waals surface area contributed by atoms with E-state index in [9.17, 15) is 4.79 Å². The fraction of sp³-hybridized carbons (Fsp3) is 0.722. The van der Waals surface area contributed by atoms with Crippen LogP contribution in [0.25, 0.3) is 0 Å². The Labute approximate surface area is 138 Å². The van der Waals surface area contributed by atoms with Crippen molar-refractivity contribution in [1.29, 1.82) is 0 Å². The number of amides is 1. The van der Waals surface area contributed by atoms with Gasteiger partial charge in [-0.2, -0.15) is 0 Å². The third kappa shape index (κ3) is 3.61. The Morgan fingerprint density at radius 2 is 1.91 bits per heavy atom. The average Bonchev–Trinajstić information content (AvgIpc) is 2.93. The molecule has 2 aliphatic rings. The molecule has 3 rings (SSSR count). The lowest BCUT2D eigenvalue weighted by Gasteiger charge is -2.48. The molecule has 1 aliphatic heterocycles.